The molecule has 0 spiro atoms. The third kappa shape index (κ3) is 3.34. The highest BCUT2D eigenvalue weighted by molar-refractivity contribution is 6.38. The Balaban J connectivity index is 2.01. The topological polar surface area (TPSA) is 59.3 Å². The van der Waals surface area contributed by atoms with Gasteiger partial charge < -0.3 is 9.73 Å². The van der Waals surface area contributed by atoms with Crippen molar-refractivity contribution in [3.05, 3.63) is 73.5 Å². The summed E-state index contributed by atoms with van der Waals surface area (Å²) >= 11 is 17.7. The van der Waals surface area contributed by atoms with E-state index in [1.165, 1.54) is 12.1 Å². The molecule has 0 saturated carbocycles. The average Bonchev–Trinajstić information content (AvgIpc) is 2.50. The minimum absolute atomic E-state index is 0.147. The van der Waals surface area contributed by atoms with E-state index in [4.69, 9.17) is 39.2 Å². The van der Waals surface area contributed by atoms with Crippen LogP contribution in [0.3, 0.4) is 0 Å². The highest BCUT2D eigenvalue weighted by Crippen LogP contribution is 2.27. The Bertz CT molecular complexity index is 965. The Morgan fingerprint density at radius 2 is 1.65 bits per heavy atom. The summed E-state index contributed by atoms with van der Waals surface area (Å²) in [6.07, 6.45) is 0. The van der Waals surface area contributed by atoms with Crippen molar-refractivity contribution < 1.29 is 9.21 Å². The molecule has 0 atom stereocenters. The lowest BCUT2D eigenvalue weighted by atomic mass is 10.1. The molecule has 0 aliphatic heterocycles. The first-order chi connectivity index (χ1) is 10.9. The first kappa shape index (κ1) is 15.9. The molecule has 0 unspecified atom stereocenters. The van der Waals surface area contributed by atoms with Gasteiger partial charge in [-0.25, -0.2) is 4.79 Å². The van der Waals surface area contributed by atoms with E-state index in [1.54, 1.807) is 30.3 Å². The minimum atomic E-state index is -0.784. The molecule has 23 heavy (non-hydrogen) atoms. The number of amides is 1. The summed E-state index contributed by atoms with van der Waals surface area (Å²) in [5.74, 6) is -0.598. The van der Waals surface area contributed by atoms with Crippen LogP contribution in [0.5, 0.6) is 0 Å². The molecule has 0 saturated heterocycles. The predicted octanol–water partition coefficient (Wildman–Crippen LogP) is 5.01. The maximum atomic E-state index is 12.3. The van der Waals surface area contributed by atoms with Crippen LogP contribution >= 0.6 is 34.8 Å². The van der Waals surface area contributed by atoms with Crippen LogP contribution in [0.4, 0.5) is 5.69 Å². The van der Waals surface area contributed by atoms with Crippen molar-refractivity contribution in [2.75, 3.05) is 5.32 Å². The van der Waals surface area contributed by atoms with Crippen molar-refractivity contribution in [1.82, 2.24) is 0 Å². The number of anilines is 1. The van der Waals surface area contributed by atoms with Gasteiger partial charge in [-0.2, -0.15) is 0 Å². The fourth-order valence-electron chi connectivity index (χ4n) is 2.05. The summed E-state index contributed by atoms with van der Waals surface area (Å²) in [5, 5.41) is 4.18. The summed E-state index contributed by atoms with van der Waals surface area (Å²) < 4.78 is 5.13. The van der Waals surface area contributed by atoms with Gasteiger partial charge in [0.25, 0.3) is 5.91 Å². The van der Waals surface area contributed by atoms with E-state index in [-0.39, 0.29) is 16.2 Å². The van der Waals surface area contributed by atoms with Gasteiger partial charge in [0.05, 0.1) is 5.02 Å². The number of benzene rings is 2. The molecule has 1 heterocycles. The lowest BCUT2D eigenvalue weighted by Crippen LogP contribution is -2.20. The molecule has 1 N–H and O–H groups in total. The van der Waals surface area contributed by atoms with Crippen LogP contribution in [0.2, 0.25) is 15.1 Å². The maximum absolute atomic E-state index is 12.3. The van der Waals surface area contributed by atoms with Crippen molar-refractivity contribution in [3.63, 3.8) is 0 Å². The third-order valence-corrected chi connectivity index (χ3v) is 3.85. The Morgan fingerprint density at radius 3 is 2.35 bits per heavy atom. The molecule has 3 rings (SSSR count). The molecule has 3 aromatic rings. The highest BCUT2D eigenvalue weighted by Gasteiger charge is 2.15. The van der Waals surface area contributed by atoms with Crippen LogP contribution in [-0.2, 0) is 0 Å². The molecule has 7 heteroatoms. The number of halogens is 3. The fourth-order valence-corrected chi connectivity index (χ4v) is 2.72. The molecule has 0 aliphatic carbocycles. The maximum Gasteiger partial charge on any atom is 0.349 e. The molecule has 0 fully saturated rings. The van der Waals surface area contributed by atoms with Crippen molar-refractivity contribution in [3.8, 4) is 0 Å². The van der Waals surface area contributed by atoms with Crippen molar-refractivity contribution >= 4 is 57.4 Å². The normalized spacial score (nSPS) is 10.7. The summed E-state index contributed by atoms with van der Waals surface area (Å²) in [7, 11) is 0. The van der Waals surface area contributed by atoms with Gasteiger partial charge in [0, 0.05) is 21.1 Å². The zero-order valence-electron chi connectivity index (χ0n) is 11.4. The van der Waals surface area contributed by atoms with Crippen LogP contribution in [0.15, 0.2) is 51.7 Å². The Kier molecular flexibility index (Phi) is 4.31. The van der Waals surface area contributed by atoms with Crippen LogP contribution in [0.1, 0.15) is 10.4 Å². The van der Waals surface area contributed by atoms with Crippen LogP contribution < -0.4 is 10.9 Å². The van der Waals surface area contributed by atoms with E-state index in [9.17, 15) is 9.59 Å². The second-order valence-corrected chi connectivity index (χ2v) is 5.99. The van der Waals surface area contributed by atoms with Gasteiger partial charge in [0.1, 0.15) is 5.56 Å². The number of hydrogen-bond acceptors (Lipinski definition) is 3. The number of fused-ring (bicyclic) bond motifs is 1. The number of carbonyl (C=O) groups is 1. The summed E-state index contributed by atoms with van der Waals surface area (Å²) in [6.45, 7) is 0. The Labute approximate surface area is 145 Å². The largest absolute Gasteiger partial charge is 0.421 e. The smallest absolute Gasteiger partial charge is 0.349 e. The molecule has 1 amide bonds. The number of hydrogen-bond donors (Lipinski definition) is 1. The standard InChI is InChI=1S/C16H8Cl3NO3/c17-9-1-3-11(4-2-9)20-15(21)12-6-8-5-10(18)7-13(19)14(8)23-16(12)22/h1-7H,(H,20,21). The van der Waals surface area contributed by atoms with Crippen LogP contribution in [0, 0.1) is 0 Å². The van der Waals surface area contributed by atoms with Gasteiger partial charge in [0.2, 0.25) is 0 Å². The Hall–Kier alpha value is -2.01. The third-order valence-electron chi connectivity index (χ3n) is 3.10. The molecule has 0 bridgehead atoms. The van der Waals surface area contributed by atoms with E-state index < -0.39 is 11.5 Å². The first-order valence-electron chi connectivity index (χ1n) is 6.44. The molecule has 0 radical (unpaired) electrons. The van der Waals surface area contributed by atoms with E-state index in [0.717, 1.165) is 0 Å². The second-order valence-electron chi connectivity index (χ2n) is 4.71. The molecule has 0 aliphatic rings. The van der Waals surface area contributed by atoms with Crippen molar-refractivity contribution in [2.24, 2.45) is 0 Å². The zero-order chi connectivity index (χ0) is 16.6. The SMILES string of the molecule is O=C(Nc1ccc(Cl)cc1)c1cc2cc(Cl)cc(Cl)c2oc1=O. The van der Waals surface area contributed by atoms with Crippen LogP contribution in [-0.4, -0.2) is 5.91 Å². The van der Waals surface area contributed by atoms with E-state index >= 15 is 0 Å². The molecular formula is C16H8Cl3NO3. The number of rotatable bonds is 2. The monoisotopic (exact) mass is 367 g/mol. The van der Waals surface area contributed by atoms with E-state index in [1.807, 2.05) is 0 Å². The summed E-state index contributed by atoms with van der Waals surface area (Å²) in [6, 6.07) is 10.9. The molecular weight excluding hydrogens is 361 g/mol. The molecule has 2 aromatic carbocycles. The van der Waals surface area contributed by atoms with Gasteiger partial charge in [0.15, 0.2) is 5.58 Å². The zero-order valence-corrected chi connectivity index (χ0v) is 13.7. The van der Waals surface area contributed by atoms with Crippen LogP contribution in [0.25, 0.3) is 11.0 Å². The van der Waals surface area contributed by atoms with Crippen molar-refractivity contribution in [1.29, 1.82) is 0 Å². The molecule has 1 aromatic heterocycles. The van der Waals surface area contributed by atoms with Gasteiger partial charge in [-0.1, -0.05) is 34.8 Å². The quantitative estimate of drug-likeness (QED) is 0.647. The fraction of sp³-hybridized carbons (Fsp3) is 0. The lowest BCUT2D eigenvalue weighted by molar-refractivity contribution is 0.102. The first-order valence-corrected chi connectivity index (χ1v) is 7.57. The van der Waals surface area contributed by atoms with Crippen molar-refractivity contribution in [2.45, 2.75) is 0 Å². The van der Waals surface area contributed by atoms with E-state index in [0.29, 0.717) is 21.1 Å². The predicted molar refractivity (Wildman–Crippen MR) is 91.9 cm³/mol. The second kappa shape index (κ2) is 6.24. The molecule has 4 nitrogen and oxygen atoms in total. The minimum Gasteiger partial charge on any atom is -0.421 e. The summed E-state index contributed by atoms with van der Waals surface area (Å²) in [4.78, 5) is 24.3. The average molecular weight is 369 g/mol. The number of carbonyl (C=O) groups excluding carboxylic acids is 1. The van der Waals surface area contributed by atoms with E-state index in [2.05, 4.69) is 5.32 Å². The van der Waals surface area contributed by atoms with Gasteiger partial charge in [-0.05, 0) is 42.5 Å². The number of nitrogens with one attached hydrogen (secondary N) is 1. The van der Waals surface area contributed by atoms with Gasteiger partial charge in [-0.3, -0.25) is 4.79 Å². The van der Waals surface area contributed by atoms with Gasteiger partial charge in [-0.15, -0.1) is 0 Å². The lowest BCUT2D eigenvalue weighted by Gasteiger charge is -2.06. The summed E-state index contributed by atoms with van der Waals surface area (Å²) in [5.41, 5.74) is -0.244. The Morgan fingerprint density at radius 1 is 0.957 bits per heavy atom. The molecule has 116 valence electrons. The highest BCUT2D eigenvalue weighted by atomic mass is 35.5. The van der Waals surface area contributed by atoms with Gasteiger partial charge >= 0.3 is 5.63 Å².